The number of hydrogen-bond donors (Lipinski definition) is 3. The van der Waals surface area contributed by atoms with Crippen LogP contribution in [0.4, 0.5) is 5.69 Å². The van der Waals surface area contributed by atoms with Crippen molar-refractivity contribution in [1.82, 2.24) is 15.5 Å². The number of carbonyl (C=O) groups excluding carboxylic acids is 2. The number of nitriles is 1. The van der Waals surface area contributed by atoms with Gasteiger partial charge in [0.15, 0.2) is 0 Å². The highest BCUT2D eigenvalue weighted by Crippen LogP contribution is 2.33. The molecule has 7 nitrogen and oxygen atoms in total. The summed E-state index contributed by atoms with van der Waals surface area (Å²) in [5.41, 5.74) is 0.803. The molecule has 3 rings (SSSR count). The lowest BCUT2D eigenvalue weighted by atomic mass is 10.1. The largest absolute Gasteiger partial charge is 0.349 e. The number of hydrogen-bond acceptors (Lipinski definition) is 4. The molecular weight excluding hydrogens is 342 g/mol. The first-order valence-corrected chi connectivity index (χ1v) is 8.22. The number of benzene rings is 1. The van der Waals surface area contributed by atoms with E-state index in [-0.39, 0.29) is 39.5 Å². The minimum Gasteiger partial charge on any atom is -0.349 e. The summed E-state index contributed by atoms with van der Waals surface area (Å²) in [6, 6.07) is 6.32. The molecule has 1 aromatic carbocycles. The van der Waals surface area contributed by atoms with Gasteiger partial charge in [-0.25, -0.2) is 0 Å². The van der Waals surface area contributed by atoms with Crippen molar-refractivity contribution in [3.63, 3.8) is 0 Å². The van der Waals surface area contributed by atoms with Crippen molar-refractivity contribution in [1.29, 1.82) is 5.26 Å². The molecule has 1 fully saturated rings. The lowest BCUT2D eigenvalue weighted by Crippen LogP contribution is -2.34. The normalized spacial score (nSPS) is 14.4. The molecule has 8 heteroatoms. The van der Waals surface area contributed by atoms with E-state index in [9.17, 15) is 9.59 Å². The van der Waals surface area contributed by atoms with Crippen LogP contribution in [0.5, 0.6) is 0 Å². The molecular formula is C17H16ClN5O2. The van der Waals surface area contributed by atoms with Crippen LogP contribution in [0.2, 0.25) is 5.02 Å². The minimum absolute atomic E-state index is 0.0215. The minimum atomic E-state index is -0.478. The molecule has 1 heterocycles. The first kappa shape index (κ1) is 17.0. The van der Waals surface area contributed by atoms with E-state index in [1.54, 1.807) is 0 Å². The van der Waals surface area contributed by atoms with Crippen LogP contribution >= 0.6 is 11.6 Å². The van der Waals surface area contributed by atoms with Crippen LogP contribution in [0.3, 0.4) is 0 Å². The molecule has 3 N–H and O–H groups in total. The third-order valence-corrected chi connectivity index (χ3v) is 4.43. The van der Waals surface area contributed by atoms with Gasteiger partial charge in [-0.05, 0) is 43.9 Å². The van der Waals surface area contributed by atoms with Gasteiger partial charge in [0, 0.05) is 12.2 Å². The monoisotopic (exact) mass is 357 g/mol. The summed E-state index contributed by atoms with van der Waals surface area (Å²) in [6.45, 7) is 1.94. The molecule has 1 saturated carbocycles. The average molecular weight is 358 g/mol. The third-order valence-electron chi connectivity index (χ3n) is 4.14. The van der Waals surface area contributed by atoms with Gasteiger partial charge in [-0.15, -0.1) is 0 Å². The molecule has 2 aromatic rings. The Morgan fingerprint density at radius 1 is 1.40 bits per heavy atom. The molecule has 1 atom stereocenters. The maximum absolute atomic E-state index is 12.6. The van der Waals surface area contributed by atoms with Gasteiger partial charge in [-0.2, -0.15) is 10.4 Å². The second kappa shape index (κ2) is 6.95. The van der Waals surface area contributed by atoms with Crippen molar-refractivity contribution in [2.75, 3.05) is 5.32 Å². The molecule has 1 aliphatic carbocycles. The van der Waals surface area contributed by atoms with Crippen molar-refractivity contribution in [2.45, 2.75) is 25.8 Å². The number of aromatic amines is 1. The average Bonchev–Trinajstić information content (AvgIpc) is 3.30. The van der Waals surface area contributed by atoms with E-state index in [0.29, 0.717) is 5.92 Å². The number of carbonyl (C=O) groups is 2. The Labute approximate surface area is 149 Å². The van der Waals surface area contributed by atoms with E-state index in [1.807, 2.05) is 13.0 Å². The molecule has 0 aliphatic heterocycles. The number of anilines is 1. The first-order valence-electron chi connectivity index (χ1n) is 7.85. The molecule has 0 saturated heterocycles. The number of H-pyrrole nitrogens is 1. The lowest BCUT2D eigenvalue weighted by Gasteiger charge is -2.16. The van der Waals surface area contributed by atoms with E-state index in [1.165, 1.54) is 24.4 Å². The molecule has 128 valence electrons. The van der Waals surface area contributed by atoms with Gasteiger partial charge in [-0.1, -0.05) is 11.6 Å². The predicted molar refractivity (Wildman–Crippen MR) is 92.4 cm³/mol. The Bertz CT molecular complexity index is 853. The zero-order valence-corrected chi connectivity index (χ0v) is 14.2. The van der Waals surface area contributed by atoms with Crippen molar-refractivity contribution in [2.24, 2.45) is 5.92 Å². The zero-order chi connectivity index (χ0) is 18.0. The SMILES string of the molecule is CC(NC(=O)c1cc(C#N)cc(Cl)c1NC(=O)c1ccn[nH]1)C1CC1. The summed E-state index contributed by atoms with van der Waals surface area (Å²) in [7, 11) is 0. The Morgan fingerprint density at radius 2 is 2.16 bits per heavy atom. The van der Waals surface area contributed by atoms with Crippen molar-refractivity contribution in [3.05, 3.63) is 46.2 Å². The summed E-state index contributed by atoms with van der Waals surface area (Å²) in [5.74, 6) is -0.381. The zero-order valence-electron chi connectivity index (χ0n) is 13.5. The Hall–Kier alpha value is -2.85. The molecule has 1 aliphatic rings. The molecule has 1 aromatic heterocycles. The quantitative estimate of drug-likeness (QED) is 0.763. The van der Waals surface area contributed by atoms with Crippen LogP contribution in [-0.4, -0.2) is 28.1 Å². The molecule has 0 radical (unpaired) electrons. The number of rotatable bonds is 5. The van der Waals surface area contributed by atoms with Gasteiger partial charge in [0.1, 0.15) is 5.69 Å². The highest BCUT2D eigenvalue weighted by molar-refractivity contribution is 6.35. The topological polar surface area (TPSA) is 111 Å². The fourth-order valence-corrected chi connectivity index (χ4v) is 2.81. The van der Waals surface area contributed by atoms with Crippen LogP contribution in [-0.2, 0) is 0 Å². The predicted octanol–water partition coefficient (Wildman–Crippen LogP) is 2.72. The van der Waals surface area contributed by atoms with Crippen molar-refractivity contribution >= 4 is 29.1 Å². The summed E-state index contributed by atoms with van der Waals surface area (Å²) < 4.78 is 0. The summed E-state index contributed by atoms with van der Waals surface area (Å²) in [4.78, 5) is 24.9. The molecule has 0 spiro atoms. The third kappa shape index (κ3) is 3.80. The van der Waals surface area contributed by atoms with E-state index < -0.39 is 5.91 Å². The van der Waals surface area contributed by atoms with Gasteiger partial charge in [0.05, 0.1) is 27.9 Å². The highest BCUT2D eigenvalue weighted by Gasteiger charge is 2.30. The van der Waals surface area contributed by atoms with Crippen LogP contribution in [0.25, 0.3) is 0 Å². The van der Waals surface area contributed by atoms with Crippen molar-refractivity contribution in [3.8, 4) is 6.07 Å². The van der Waals surface area contributed by atoms with E-state index in [4.69, 9.17) is 16.9 Å². The van der Waals surface area contributed by atoms with Crippen LogP contribution < -0.4 is 10.6 Å². The van der Waals surface area contributed by atoms with E-state index in [2.05, 4.69) is 20.8 Å². The van der Waals surface area contributed by atoms with Crippen molar-refractivity contribution < 1.29 is 9.59 Å². The Morgan fingerprint density at radius 3 is 2.76 bits per heavy atom. The highest BCUT2D eigenvalue weighted by atomic mass is 35.5. The Kier molecular flexibility index (Phi) is 4.72. The maximum Gasteiger partial charge on any atom is 0.273 e. The number of amides is 2. The van der Waals surface area contributed by atoms with E-state index >= 15 is 0 Å². The fourth-order valence-electron chi connectivity index (χ4n) is 2.54. The smallest absolute Gasteiger partial charge is 0.273 e. The molecule has 2 amide bonds. The second-order valence-electron chi connectivity index (χ2n) is 6.02. The summed E-state index contributed by atoms with van der Waals surface area (Å²) in [6.07, 6.45) is 3.62. The fraction of sp³-hybridized carbons (Fsp3) is 0.294. The van der Waals surface area contributed by atoms with Crippen LogP contribution in [0.1, 0.15) is 46.2 Å². The summed E-state index contributed by atoms with van der Waals surface area (Å²) >= 11 is 6.20. The molecule has 1 unspecified atom stereocenters. The van der Waals surface area contributed by atoms with Crippen LogP contribution in [0.15, 0.2) is 24.4 Å². The number of halogens is 1. The van der Waals surface area contributed by atoms with Crippen LogP contribution in [0, 0.1) is 17.2 Å². The standard InChI is InChI=1S/C17H16ClN5O2/c1-9(11-2-3-11)21-16(24)12-6-10(8-19)7-13(18)15(12)22-17(25)14-4-5-20-23-14/h4-7,9,11H,2-3H2,1H3,(H,20,23)(H,21,24)(H,22,25). The first-order chi connectivity index (χ1) is 12.0. The lowest BCUT2D eigenvalue weighted by molar-refractivity contribution is 0.0936. The molecule has 25 heavy (non-hydrogen) atoms. The number of nitrogens with one attached hydrogen (secondary N) is 3. The maximum atomic E-state index is 12.6. The van der Waals surface area contributed by atoms with Gasteiger partial charge in [0.25, 0.3) is 11.8 Å². The van der Waals surface area contributed by atoms with Gasteiger partial charge in [0.2, 0.25) is 0 Å². The van der Waals surface area contributed by atoms with Gasteiger partial charge >= 0.3 is 0 Å². The van der Waals surface area contributed by atoms with Gasteiger partial charge < -0.3 is 10.6 Å². The Balaban J connectivity index is 1.91. The summed E-state index contributed by atoms with van der Waals surface area (Å²) in [5, 5.41) is 21.0. The van der Waals surface area contributed by atoms with E-state index in [0.717, 1.165) is 12.8 Å². The van der Waals surface area contributed by atoms with Gasteiger partial charge in [-0.3, -0.25) is 14.7 Å². The number of nitrogens with zero attached hydrogens (tertiary/aromatic N) is 2. The molecule has 0 bridgehead atoms. The number of aromatic nitrogens is 2. The second-order valence-corrected chi connectivity index (χ2v) is 6.42.